The molecule has 114 valence electrons. The maximum atomic E-state index is 11.7. The van der Waals surface area contributed by atoms with Crippen molar-refractivity contribution in [2.24, 2.45) is 0 Å². The van der Waals surface area contributed by atoms with Crippen LogP contribution in [0.1, 0.15) is 0 Å². The zero-order valence-corrected chi connectivity index (χ0v) is 12.8. The van der Waals surface area contributed by atoms with Crippen LogP contribution in [0.4, 0.5) is 0 Å². The third kappa shape index (κ3) is 3.05. The third-order valence-electron chi connectivity index (χ3n) is 3.49. The van der Waals surface area contributed by atoms with Gasteiger partial charge in [-0.2, -0.15) is 0 Å². The van der Waals surface area contributed by atoms with Crippen molar-refractivity contribution in [3.63, 3.8) is 0 Å². The largest absolute Gasteiger partial charge is 0.353 e. The van der Waals surface area contributed by atoms with Crippen LogP contribution in [0.15, 0.2) is 37.5 Å². The van der Waals surface area contributed by atoms with Gasteiger partial charge in [0.15, 0.2) is 0 Å². The number of quaternary nitrogens is 1. The minimum Gasteiger partial charge on any atom is -0.323 e. The first-order valence-electron chi connectivity index (χ1n) is 5.89. The maximum absolute atomic E-state index is 11.7. The van der Waals surface area contributed by atoms with E-state index in [0.29, 0.717) is 19.6 Å². The third-order valence-corrected chi connectivity index (χ3v) is 7.65. The predicted molar refractivity (Wildman–Crippen MR) is 76.1 cm³/mol. The first-order valence-corrected chi connectivity index (χ1v) is 9.12. The SMILES string of the molecule is C=CC[N+]1(CC=C)CC=CC(P(=O)(O)O)(P(=O)(O)O)C1. The van der Waals surface area contributed by atoms with E-state index in [1.54, 1.807) is 12.2 Å². The Morgan fingerprint density at radius 1 is 1.10 bits per heavy atom. The zero-order chi connectivity index (χ0) is 15.7. The molecule has 0 unspecified atom stereocenters. The van der Waals surface area contributed by atoms with E-state index in [1.807, 2.05) is 0 Å². The second kappa shape index (κ2) is 5.70. The van der Waals surface area contributed by atoms with Gasteiger partial charge in [0.2, 0.25) is 4.90 Å². The van der Waals surface area contributed by atoms with Crippen molar-refractivity contribution in [2.75, 3.05) is 26.2 Å². The normalized spacial score (nSPS) is 21.4. The molecule has 0 fully saturated rings. The molecule has 7 nitrogen and oxygen atoms in total. The molecule has 1 aliphatic rings. The second-order valence-corrected chi connectivity index (χ2v) is 9.12. The Kier molecular flexibility index (Phi) is 4.99. The Balaban J connectivity index is 3.43. The molecule has 0 atom stereocenters. The van der Waals surface area contributed by atoms with Crippen LogP contribution in [0.3, 0.4) is 0 Å². The lowest BCUT2D eigenvalue weighted by molar-refractivity contribution is -0.913. The summed E-state index contributed by atoms with van der Waals surface area (Å²) in [6.45, 7) is 7.88. The van der Waals surface area contributed by atoms with Gasteiger partial charge in [0, 0.05) is 0 Å². The van der Waals surface area contributed by atoms with Gasteiger partial charge in [-0.3, -0.25) is 9.13 Å². The molecule has 0 bridgehead atoms. The second-order valence-electron chi connectivity index (χ2n) is 4.99. The van der Waals surface area contributed by atoms with E-state index >= 15 is 0 Å². The van der Waals surface area contributed by atoms with Crippen LogP contribution in [0.5, 0.6) is 0 Å². The van der Waals surface area contributed by atoms with Crippen molar-refractivity contribution in [1.29, 1.82) is 0 Å². The highest BCUT2D eigenvalue weighted by Crippen LogP contribution is 2.70. The Morgan fingerprint density at radius 2 is 1.55 bits per heavy atom. The van der Waals surface area contributed by atoms with E-state index < -0.39 is 20.1 Å². The van der Waals surface area contributed by atoms with Crippen molar-refractivity contribution in [3.8, 4) is 0 Å². The van der Waals surface area contributed by atoms with Crippen molar-refractivity contribution in [3.05, 3.63) is 37.5 Å². The number of hydrogen-bond donors (Lipinski definition) is 4. The maximum Gasteiger partial charge on any atom is 0.353 e. The van der Waals surface area contributed by atoms with Gasteiger partial charge in [0.1, 0.15) is 6.54 Å². The van der Waals surface area contributed by atoms with Crippen molar-refractivity contribution >= 4 is 15.2 Å². The van der Waals surface area contributed by atoms with E-state index in [0.717, 1.165) is 6.08 Å². The molecule has 0 amide bonds. The molecule has 1 aliphatic heterocycles. The summed E-state index contributed by atoms with van der Waals surface area (Å²) < 4.78 is 23.6. The van der Waals surface area contributed by atoms with Crippen LogP contribution in [0.2, 0.25) is 0 Å². The highest BCUT2D eigenvalue weighted by molar-refractivity contribution is 7.72. The van der Waals surface area contributed by atoms with E-state index in [-0.39, 0.29) is 11.0 Å². The molecule has 0 aromatic carbocycles. The summed E-state index contributed by atoms with van der Waals surface area (Å²) in [5.74, 6) is 0. The molecule has 20 heavy (non-hydrogen) atoms. The zero-order valence-electron chi connectivity index (χ0n) is 11.0. The van der Waals surface area contributed by atoms with Crippen LogP contribution in [-0.2, 0) is 9.13 Å². The molecule has 0 aliphatic carbocycles. The fourth-order valence-electron chi connectivity index (χ4n) is 2.52. The lowest BCUT2D eigenvalue weighted by Gasteiger charge is -2.45. The summed E-state index contributed by atoms with van der Waals surface area (Å²) in [4.78, 5) is 35.5. The number of nitrogens with zero attached hydrogens (tertiary/aromatic N) is 1. The monoisotopic (exact) mass is 324 g/mol. The molecule has 0 aromatic rings. The summed E-state index contributed by atoms with van der Waals surface area (Å²) in [5.41, 5.74) is 0. The van der Waals surface area contributed by atoms with Gasteiger partial charge < -0.3 is 24.1 Å². The highest BCUT2D eigenvalue weighted by Gasteiger charge is 2.64. The predicted octanol–water partition coefficient (Wildman–Crippen LogP) is 0.797. The van der Waals surface area contributed by atoms with Gasteiger partial charge in [-0.1, -0.05) is 13.2 Å². The molecule has 1 heterocycles. The van der Waals surface area contributed by atoms with Gasteiger partial charge in [0.25, 0.3) is 0 Å². The molecular weight excluding hydrogens is 304 g/mol. The van der Waals surface area contributed by atoms with Gasteiger partial charge in [-0.05, 0) is 24.3 Å². The standard InChI is InChI=1S/C11H19NO6P2/c1-3-7-12(8-4-2)9-5-6-11(10-12,19(13,14)15)20(16,17)18/h3-6H,1-2,7-10H2,(H3-,13,14,15,16,17,18)/p+1. The summed E-state index contributed by atoms with van der Waals surface area (Å²) in [6.07, 6.45) is 5.51. The molecule has 0 saturated carbocycles. The molecular formula is C11H20NO6P2+. The Hall–Kier alpha value is -0.520. The molecule has 0 spiro atoms. The topological polar surface area (TPSA) is 115 Å². The first-order chi connectivity index (χ1) is 9.04. The molecule has 0 radical (unpaired) electrons. The average Bonchev–Trinajstić information content (AvgIpc) is 2.26. The lowest BCUT2D eigenvalue weighted by Crippen LogP contribution is -2.58. The van der Waals surface area contributed by atoms with Gasteiger partial charge in [-0.25, -0.2) is 0 Å². The minimum absolute atomic E-state index is 0.0692. The van der Waals surface area contributed by atoms with E-state index in [4.69, 9.17) is 0 Å². The van der Waals surface area contributed by atoms with Crippen LogP contribution >= 0.6 is 15.2 Å². The van der Waals surface area contributed by atoms with E-state index in [1.165, 1.54) is 6.08 Å². The van der Waals surface area contributed by atoms with Crippen LogP contribution in [0, 0.1) is 0 Å². The highest BCUT2D eigenvalue weighted by atomic mass is 31.2. The summed E-state index contributed by atoms with van der Waals surface area (Å²) in [7, 11) is -10.1. The molecule has 9 heteroatoms. The fourth-order valence-corrected chi connectivity index (χ4v) is 5.45. The van der Waals surface area contributed by atoms with Gasteiger partial charge >= 0.3 is 15.2 Å². The summed E-state index contributed by atoms with van der Waals surface area (Å²) >= 11 is 0. The quantitative estimate of drug-likeness (QED) is 0.326. The lowest BCUT2D eigenvalue weighted by atomic mass is 10.1. The first kappa shape index (κ1) is 17.5. The molecule has 1 rings (SSSR count). The van der Waals surface area contributed by atoms with Crippen molar-refractivity contribution < 1.29 is 33.2 Å². The van der Waals surface area contributed by atoms with Gasteiger partial charge in [-0.15, -0.1) is 0 Å². The van der Waals surface area contributed by atoms with Crippen molar-refractivity contribution in [1.82, 2.24) is 0 Å². The van der Waals surface area contributed by atoms with E-state index in [9.17, 15) is 28.7 Å². The van der Waals surface area contributed by atoms with Gasteiger partial charge in [0.05, 0.1) is 19.6 Å². The molecule has 0 aromatic heterocycles. The Bertz CT molecular complexity index is 485. The summed E-state index contributed by atoms with van der Waals surface area (Å²) in [6, 6.07) is 0. The van der Waals surface area contributed by atoms with Crippen LogP contribution in [-0.4, -0.2) is 55.1 Å². The number of rotatable bonds is 6. The van der Waals surface area contributed by atoms with Crippen LogP contribution in [0.25, 0.3) is 0 Å². The average molecular weight is 324 g/mol. The molecule has 4 N–H and O–H groups in total. The van der Waals surface area contributed by atoms with E-state index in [2.05, 4.69) is 13.2 Å². The molecule has 0 saturated heterocycles. The number of hydrogen-bond acceptors (Lipinski definition) is 2. The minimum atomic E-state index is -5.06. The van der Waals surface area contributed by atoms with Crippen LogP contribution < -0.4 is 0 Å². The Labute approximate surface area is 117 Å². The van der Waals surface area contributed by atoms with Crippen molar-refractivity contribution in [2.45, 2.75) is 4.90 Å². The fraction of sp³-hybridized carbons (Fsp3) is 0.455. The Morgan fingerprint density at radius 3 is 1.90 bits per heavy atom. The summed E-state index contributed by atoms with van der Waals surface area (Å²) in [5, 5.41) is 0. The smallest absolute Gasteiger partial charge is 0.323 e.